The van der Waals surface area contributed by atoms with Gasteiger partial charge in [0.15, 0.2) is 5.79 Å². The van der Waals surface area contributed by atoms with Gasteiger partial charge in [-0.3, -0.25) is 5.73 Å². The highest BCUT2D eigenvalue weighted by Crippen LogP contribution is 2.14. The SMILES string of the molecule is CC(C)C1(N)NC(=O)N(C(=O)NC(C)(C)C)N1. The van der Waals surface area contributed by atoms with Gasteiger partial charge in [0.2, 0.25) is 0 Å². The number of carbonyl (C=O) groups excluding carboxylic acids is 2. The summed E-state index contributed by atoms with van der Waals surface area (Å²) < 4.78 is 0. The Hall–Kier alpha value is -1.34. The fourth-order valence-corrected chi connectivity index (χ4v) is 1.29. The number of amides is 4. The van der Waals surface area contributed by atoms with E-state index in [1.54, 1.807) is 0 Å². The molecule has 0 spiro atoms. The van der Waals surface area contributed by atoms with Crippen molar-refractivity contribution in [2.45, 2.75) is 45.9 Å². The molecule has 1 fully saturated rings. The van der Waals surface area contributed by atoms with Crippen LogP contribution in [0.4, 0.5) is 9.59 Å². The number of hydrogen-bond acceptors (Lipinski definition) is 4. The molecule has 1 aliphatic heterocycles. The lowest BCUT2D eigenvalue weighted by molar-refractivity contribution is 0.152. The predicted molar refractivity (Wildman–Crippen MR) is 63.5 cm³/mol. The third kappa shape index (κ3) is 3.07. The molecule has 1 aliphatic rings. The van der Waals surface area contributed by atoms with E-state index in [-0.39, 0.29) is 5.92 Å². The Labute approximate surface area is 101 Å². The molecule has 0 aliphatic carbocycles. The molecular weight excluding hydrogens is 222 g/mol. The second-order valence-corrected chi connectivity index (χ2v) is 5.58. The van der Waals surface area contributed by atoms with Crippen molar-refractivity contribution in [2.75, 3.05) is 0 Å². The molecule has 7 heteroatoms. The van der Waals surface area contributed by atoms with Crippen LogP contribution in [0.1, 0.15) is 34.6 Å². The summed E-state index contributed by atoms with van der Waals surface area (Å²) in [4.78, 5) is 23.5. The Kier molecular flexibility index (Phi) is 3.35. The van der Waals surface area contributed by atoms with E-state index in [1.165, 1.54) is 0 Å². The van der Waals surface area contributed by atoms with Gasteiger partial charge in [-0.25, -0.2) is 9.59 Å². The third-order valence-electron chi connectivity index (χ3n) is 2.41. The van der Waals surface area contributed by atoms with E-state index in [4.69, 9.17) is 5.73 Å². The van der Waals surface area contributed by atoms with E-state index < -0.39 is 23.4 Å². The summed E-state index contributed by atoms with van der Waals surface area (Å²) in [6, 6.07) is -1.08. The second kappa shape index (κ2) is 4.15. The first-order chi connectivity index (χ1) is 7.55. The minimum Gasteiger partial charge on any atom is -0.332 e. The van der Waals surface area contributed by atoms with Crippen LogP contribution >= 0.6 is 0 Å². The summed E-state index contributed by atoms with van der Waals surface area (Å²) in [6.07, 6.45) is 0. The molecule has 1 atom stereocenters. The van der Waals surface area contributed by atoms with Crippen LogP contribution in [0.3, 0.4) is 0 Å². The third-order valence-corrected chi connectivity index (χ3v) is 2.41. The van der Waals surface area contributed by atoms with E-state index in [0.29, 0.717) is 0 Å². The lowest BCUT2D eigenvalue weighted by Gasteiger charge is -2.29. The van der Waals surface area contributed by atoms with E-state index in [1.807, 2.05) is 34.6 Å². The first-order valence-corrected chi connectivity index (χ1v) is 5.56. The number of urea groups is 2. The zero-order chi connectivity index (χ0) is 13.4. The molecule has 17 heavy (non-hydrogen) atoms. The first kappa shape index (κ1) is 13.7. The van der Waals surface area contributed by atoms with Crippen LogP contribution < -0.4 is 21.8 Å². The van der Waals surface area contributed by atoms with Gasteiger partial charge in [-0.15, -0.1) is 0 Å². The standard InChI is InChI=1S/C10H21N5O2/c1-6(2)10(11)13-8(17)15(14-10)7(16)12-9(3,4)5/h6,14H,11H2,1-5H3,(H,12,16)(H,13,17). The highest BCUT2D eigenvalue weighted by molar-refractivity contribution is 5.94. The van der Waals surface area contributed by atoms with Crippen LogP contribution in [0.2, 0.25) is 0 Å². The molecule has 1 unspecified atom stereocenters. The number of carbonyl (C=O) groups is 2. The molecule has 0 radical (unpaired) electrons. The van der Waals surface area contributed by atoms with Crippen molar-refractivity contribution in [3.8, 4) is 0 Å². The Morgan fingerprint density at radius 3 is 2.35 bits per heavy atom. The topological polar surface area (TPSA) is 99.5 Å². The van der Waals surface area contributed by atoms with Gasteiger partial charge < -0.3 is 10.6 Å². The van der Waals surface area contributed by atoms with Gasteiger partial charge in [0.05, 0.1) is 0 Å². The predicted octanol–water partition coefficient (Wildman–Crippen LogP) is 0.293. The van der Waals surface area contributed by atoms with Crippen LogP contribution in [0.15, 0.2) is 0 Å². The van der Waals surface area contributed by atoms with Crippen LogP contribution in [-0.4, -0.2) is 28.4 Å². The Balaban J connectivity index is 2.75. The van der Waals surface area contributed by atoms with Gasteiger partial charge >= 0.3 is 12.1 Å². The molecule has 0 aromatic carbocycles. The summed E-state index contributed by atoms with van der Waals surface area (Å²) in [5, 5.41) is 6.08. The second-order valence-electron chi connectivity index (χ2n) is 5.58. The van der Waals surface area contributed by atoms with Crippen LogP contribution in [-0.2, 0) is 0 Å². The van der Waals surface area contributed by atoms with Gasteiger partial charge in [-0.1, -0.05) is 13.8 Å². The minimum absolute atomic E-state index is 0.0566. The number of hydrazine groups is 1. The highest BCUT2D eigenvalue weighted by Gasteiger charge is 2.44. The lowest BCUT2D eigenvalue weighted by Crippen LogP contribution is -2.64. The summed E-state index contributed by atoms with van der Waals surface area (Å²) in [5.41, 5.74) is 8.18. The number of nitrogens with one attached hydrogen (secondary N) is 3. The maximum atomic E-state index is 11.8. The monoisotopic (exact) mass is 243 g/mol. The average Bonchev–Trinajstić information content (AvgIpc) is 2.40. The normalized spacial score (nSPS) is 25.1. The van der Waals surface area contributed by atoms with Crippen LogP contribution in [0.5, 0.6) is 0 Å². The lowest BCUT2D eigenvalue weighted by atomic mass is 10.1. The van der Waals surface area contributed by atoms with Crippen LogP contribution in [0.25, 0.3) is 0 Å². The van der Waals surface area contributed by atoms with Crippen molar-refractivity contribution in [1.29, 1.82) is 0 Å². The average molecular weight is 243 g/mol. The maximum Gasteiger partial charge on any atom is 0.343 e. The van der Waals surface area contributed by atoms with E-state index in [9.17, 15) is 9.59 Å². The van der Waals surface area contributed by atoms with Gasteiger partial charge in [0.1, 0.15) is 0 Å². The summed E-state index contributed by atoms with van der Waals surface area (Å²) in [7, 11) is 0. The van der Waals surface area contributed by atoms with E-state index >= 15 is 0 Å². The highest BCUT2D eigenvalue weighted by atomic mass is 16.2. The number of nitrogens with zero attached hydrogens (tertiary/aromatic N) is 1. The Bertz CT molecular complexity index is 336. The molecule has 0 bridgehead atoms. The smallest absolute Gasteiger partial charge is 0.332 e. The molecule has 1 heterocycles. The zero-order valence-electron chi connectivity index (χ0n) is 10.9. The zero-order valence-corrected chi connectivity index (χ0v) is 10.9. The number of nitrogens with two attached hydrogens (primary N) is 1. The van der Waals surface area contributed by atoms with Gasteiger partial charge in [0, 0.05) is 11.5 Å². The van der Waals surface area contributed by atoms with Gasteiger partial charge in [0.25, 0.3) is 0 Å². The van der Waals surface area contributed by atoms with Crippen molar-refractivity contribution in [3.63, 3.8) is 0 Å². The number of hydrogen-bond donors (Lipinski definition) is 4. The van der Waals surface area contributed by atoms with Crippen molar-refractivity contribution < 1.29 is 9.59 Å². The van der Waals surface area contributed by atoms with Crippen molar-refractivity contribution in [1.82, 2.24) is 21.1 Å². The summed E-state index contributed by atoms with van der Waals surface area (Å²) >= 11 is 0. The van der Waals surface area contributed by atoms with Gasteiger partial charge in [-0.2, -0.15) is 10.4 Å². The van der Waals surface area contributed by atoms with Gasteiger partial charge in [-0.05, 0) is 20.8 Å². The molecule has 0 saturated carbocycles. The van der Waals surface area contributed by atoms with E-state index in [0.717, 1.165) is 5.01 Å². The molecule has 4 amide bonds. The molecule has 98 valence electrons. The Morgan fingerprint density at radius 2 is 2.00 bits per heavy atom. The molecule has 0 aromatic heterocycles. The largest absolute Gasteiger partial charge is 0.343 e. The first-order valence-electron chi connectivity index (χ1n) is 5.56. The van der Waals surface area contributed by atoms with Crippen LogP contribution in [0, 0.1) is 5.92 Å². The van der Waals surface area contributed by atoms with Crippen molar-refractivity contribution >= 4 is 12.1 Å². The summed E-state index contributed by atoms with van der Waals surface area (Å²) in [6.45, 7) is 9.18. The number of rotatable bonds is 1. The fraction of sp³-hybridized carbons (Fsp3) is 0.800. The molecule has 7 nitrogen and oxygen atoms in total. The molecule has 5 N–H and O–H groups in total. The van der Waals surface area contributed by atoms with E-state index in [2.05, 4.69) is 16.1 Å². The minimum atomic E-state index is -1.09. The number of imide groups is 1. The molecule has 0 aromatic rings. The molecular formula is C10H21N5O2. The Morgan fingerprint density at radius 1 is 1.47 bits per heavy atom. The maximum absolute atomic E-state index is 11.8. The molecule has 1 rings (SSSR count). The quantitative estimate of drug-likeness (QED) is 0.532. The fourth-order valence-electron chi connectivity index (χ4n) is 1.29. The molecule has 1 saturated heterocycles. The summed E-state index contributed by atoms with van der Waals surface area (Å²) in [5.74, 6) is -1.15. The van der Waals surface area contributed by atoms with Crippen molar-refractivity contribution in [2.24, 2.45) is 11.7 Å². The van der Waals surface area contributed by atoms with Crippen molar-refractivity contribution in [3.05, 3.63) is 0 Å².